The van der Waals surface area contributed by atoms with E-state index in [2.05, 4.69) is 4.72 Å². The molecule has 0 spiro atoms. The highest BCUT2D eigenvalue weighted by Crippen LogP contribution is 2.21. The van der Waals surface area contributed by atoms with Gasteiger partial charge in [0.05, 0.1) is 17.2 Å². The van der Waals surface area contributed by atoms with Crippen LogP contribution in [0, 0.1) is 12.7 Å². The molecule has 0 bridgehead atoms. The molecule has 1 rings (SSSR count). The molecule has 0 fully saturated rings. The number of ether oxygens (including phenoxy) is 1. The van der Waals surface area contributed by atoms with E-state index in [0.717, 1.165) is 12.1 Å². The molecule has 0 aliphatic rings. The molecule has 0 aliphatic heterocycles. The van der Waals surface area contributed by atoms with Crippen LogP contribution >= 0.6 is 0 Å². The topological polar surface area (TPSA) is 102 Å². The number of anilines is 1. The Kier molecular flexibility index (Phi) is 5.88. The van der Waals surface area contributed by atoms with Gasteiger partial charge in [0.1, 0.15) is 5.82 Å². The molecule has 0 radical (unpaired) electrons. The molecule has 1 aromatic carbocycles. The van der Waals surface area contributed by atoms with E-state index in [-0.39, 0.29) is 35.8 Å². The maximum absolute atomic E-state index is 13.3. The summed E-state index contributed by atoms with van der Waals surface area (Å²) in [6, 6.07) is 1.58. The monoisotopic (exact) mass is 306 g/mol. The van der Waals surface area contributed by atoms with Crippen molar-refractivity contribution in [2.75, 3.05) is 26.1 Å². The van der Waals surface area contributed by atoms with Crippen LogP contribution in [0.2, 0.25) is 0 Å². The van der Waals surface area contributed by atoms with Gasteiger partial charge in [-0.3, -0.25) is 0 Å². The van der Waals surface area contributed by atoms with Crippen LogP contribution in [-0.4, -0.2) is 39.9 Å². The van der Waals surface area contributed by atoms with Crippen molar-refractivity contribution in [2.24, 2.45) is 0 Å². The summed E-state index contributed by atoms with van der Waals surface area (Å²) in [6.07, 6.45) is 0.211. The van der Waals surface area contributed by atoms with Gasteiger partial charge in [-0.25, -0.2) is 17.5 Å². The van der Waals surface area contributed by atoms with Gasteiger partial charge in [-0.2, -0.15) is 0 Å². The summed E-state index contributed by atoms with van der Waals surface area (Å²) >= 11 is 0. The first kappa shape index (κ1) is 16.8. The van der Waals surface area contributed by atoms with E-state index in [1.165, 1.54) is 14.0 Å². The maximum atomic E-state index is 13.3. The first-order valence-corrected chi connectivity index (χ1v) is 7.48. The van der Waals surface area contributed by atoms with E-state index in [0.29, 0.717) is 0 Å². The zero-order valence-electron chi connectivity index (χ0n) is 11.4. The summed E-state index contributed by atoms with van der Waals surface area (Å²) in [5, 5.41) is 8.91. The standard InChI is InChI=1S/C12H19FN2O4S/c1-8-5-10(13)11(14)6-12(8)20(17,18)15-9(3-4-16)7-19-2/h5-6,9,15-16H,3-4,7,14H2,1-2H3. The molecule has 0 heterocycles. The Morgan fingerprint density at radius 2 is 2.15 bits per heavy atom. The van der Waals surface area contributed by atoms with Crippen molar-refractivity contribution in [2.45, 2.75) is 24.3 Å². The lowest BCUT2D eigenvalue weighted by Crippen LogP contribution is -2.39. The Morgan fingerprint density at radius 3 is 2.70 bits per heavy atom. The number of nitrogen functional groups attached to an aromatic ring is 1. The average molecular weight is 306 g/mol. The second-order valence-corrected chi connectivity index (χ2v) is 6.11. The summed E-state index contributed by atoms with van der Waals surface area (Å²) in [7, 11) is -2.43. The predicted molar refractivity (Wildman–Crippen MR) is 73.2 cm³/mol. The van der Waals surface area contributed by atoms with Gasteiger partial charge >= 0.3 is 0 Å². The number of hydrogen-bond donors (Lipinski definition) is 3. The van der Waals surface area contributed by atoms with E-state index in [4.69, 9.17) is 15.6 Å². The molecule has 1 unspecified atom stereocenters. The van der Waals surface area contributed by atoms with Gasteiger partial charge in [0.25, 0.3) is 0 Å². The van der Waals surface area contributed by atoms with E-state index in [1.807, 2.05) is 0 Å². The molecule has 114 valence electrons. The van der Waals surface area contributed by atoms with Crippen LogP contribution in [0.15, 0.2) is 17.0 Å². The van der Waals surface area contributed by atoms with Crippen molar-refractivity contribution >= 4 is 15.7 Å². The quantitative estimate of drug-likeness (QED) is 0.633. The molecule has 0 aromatic heterocycles. The van der Waals surface area contributed by atoms with E-state index >= 15 is 0 Å². The summed E-state index contributed by atoms with van der Waals surface area (Å²) in [4.78, 5) is -0.0876. The third-order valence-electron chi connectivity index (χ3n) is 2.75. The molecule has 6 nitrogen and oxygen atoms in total. The molecular formula is C12H19FN2O4S. The molecule has 0 amide bonds. The van der Waals surface area contributed by atoms with Crippen LogP contribution < -0.4 is 10.5 Å². The second-order valence-electron chi connectivity index (χ2n) is 4.43. The highest BCUT2D eigenvalue weighted by molar-refractivity contribution is 7.89. The summed E-state index contributed by atoms with van der Waals surface area (Å²) in [5.74, 6) is -0.662. The zero-order valence-corrected chi connectivity index (χ0v) is 12.2. The first-order valence-electron chi connectivity index (χ1n) is 5.99. The van der Waals surface area contributed by atoms with Crippen LogP contribution in [0.4, 0.5) is 10.1 Å². The molecule has 4 N–H and O–H groups in total. The number of aryl methyl sites for hydroxylation is 1. The van der Waals surface area contributed by atoms with Gasteiger partial charge < -0.3 is 15.6 Å². The number of methoxy groups -OCH3 is 1. The summed E-state index contributed by atoms with van der Waals surface area (Å²) in [6.45, 7) is 1.42. The van der Waals surface area contributed by atoms with Crippen molar-refractivity contribution in [3.8, 4) is 0 Å². The molecular weight excluding hydrogens is 287 g/mol. The van der Waals surface area contributed by atoms with Crippen LogP contribution in [0.3, 0.4) is 0 Å². The lowest BCUT2D eigenvalue weighted by Gasteiger charge is -2.18. The summed E-state index contributed by atoms with van der Waals surface area (Å²) in [5.41, 5.74) is 5.42. The minimum absolute atomic E-state index is 0.0876. The maximum Gasteiger partial charge on any atom is 0.241 e. The van der Waals surface area contributed by atoms with Gasteiger partial charge in [0, 0.05) is 19.8 Å². The Bertz CT molecular complexity index is 557. The fourth-order valence-corrected chi connectivity index (χ4v) is 3.29. The third-order valence-corrected chi connectivity index (χ3v) is 4.41. The van der Waals surface area contributed by atoms with Gasteiger partial charge in [-0.05, 0) is 31.0 Å². The number of aliphatic hydroxyl groups excluding tert-OH is 1. The Morgan fingerprint density at radius 1 is 1.50 bits per heavy atom. The number of sulfonamides is 1. The van der Waals surface area contributed by atoms with E-state index < -0.39 is 21.9 Å². The number of rotatable bonds is 7. The summed E-state index contributed by atoms with van der Waals surface area (Å²) < 4.78 is 45.1. The minimum Gasteiger partial charge on any atom is -0.396 e. The minimum atomic E-state index is -3.86. The number of aliphatic hydroxyl groups is 1. The average Bonchev–Trinajstić information content (AvgIpc) is 2.33. The predicted octanol–water partition coefficient (Wildman–Crippen LogP) is 0.392. The molecule has 0 saturated heterocycles. The normalized spacial score (nSPS) is 13.4. The van der Waals surface area contributed by atoms with E-state index in [1.54, 1.807) is 0 Å². The fourth-order valence-electron chi connectivity index (χ4n) is 1.77. The largest absolute Gasteiger partial charge is 0.396 e. The molecule has 1 aromatic rings. The van der Waals surface area contributed by atoms with Crippen LogP contribution in [0.5, 0.6) is 0 Å². The number of halogens is 1. The molecule has 0 aliphatic carbocycles. The van der Waals surface area contributed by atoms with Crippen molar-refractivity contribution in [3.05, 3.63) is 23.5 Å². The zero-order chi connectivity index (χ0) is 15.3. The number of hydrogen-bond acceptors (Lipinski definition) is 5. The molecule has 0 saturated carbocycles. The van der Waals surface area contributed by atoms with Crippen molar-refractivity contribution < 1.29 is 22.7 Å². The highest BCUT2D eigenvalue weighted by atomic mass is 32.2. The van der Waals surface area contributed by atoms with Crippen molar-refractivity contribution in [1.82, 2.24) is 4.72 Å². The Balaban J connectivity index is 3.07. The molecule has 20 heavy (non-hydrogen) atoms. The van der Waals surface area contributed by atoms with Crippen LogP contribution in [0.1, 0.15) is 12.0 Å². The van der Waals surface area contributed by atoms with Gasteiger partial charge in [-0.15, -0.1) is 0 Å². The number of benzene rings is 1. The molecule has 1 atom stereocenters. The van der Waals surface area contributed by atoms with Gasteiger partial charge in [0.15, 0.2) is 0 Å². The fraction of sp³-hybridized carbons (Fsp3) is 0.500. The highest BCUT2D eigenvalue weighted by Gasteiger charge is 2.22. The van der Waals surface area contributed by atoms with Crippen LogP contribution in [-0.2, 0) is 14.8 Å². The Hall–Kier alpha value is -1.22. The number of nitrogens with one attached hydrogen (secondary N) is 1. The molecule has 8 heteroatoms. The third kappa shape index (κ3) is 4.14. The van der Waals surface area contributed by atoms with Gasteiger partial charge in [0.2, 0.25) is 10.0 Å². The first-order chi connectivity index (χ1) is 9.31. The van der Waals surface area contributed by atoms with Gasteiger partial charge in [-0.1, -0.05) is 0 Å². The lowest BCUT2D eigenvalue weighted by molar-refractivity contribution is 0.158. The van der Waals surface area contributed by atoms with Crippen LogP contribution in [0.25, 0.3) is 0 Å². The van der Waals surface area contributed by atoms with Crippen molar-refractivity contribution in [1.29, 1.82) is 0 Å². The van der Waals surface area contributed by atoms with E-state index in [9.17, 15) is 12.8 Å². The number of nitrogens with two attached hydrogens (primary N) is 1. The lowest BCUT2D eigenvalue weighted by atomic mass is 10.2. The smallest absolute Gasteiger partial charge is 0.241 e. The Labute approximate surface area is 117 Å². The SMILES string of the molecule is COCC(CCO)NS(=O)(=O)c1cc(N)c(F)cc1C. The van der Waals surface area contributed by atoms with Crippen molar-refractivity contribution in [3.63, 3.8) is 0 Å². The second kappa shape index (κ2) is 6.98.